The van der Waals surface area contributed by atoms with E-state index in [0.29, 0.717) is 25.5 Å². The van der Waals surface area contributed by atoms with Crippen molar-refractivity contribution in [3.63, 3.8) is 0 Å². The molecule has 0 aromatic heterocycles. The van der Waals surface area contributed by atoms with Gasteiger partial charge in [-0.3, -0.25) is 9.59 Å². The van der Waals surface area contributed by atoms with Crippen LogP contribution in [0, 0.1) is 5.92 Å². The van der Waals surface area contributed by atoms with E-state index in [0.717, 1.165) is 29.4 Å². The molecule has 1 aliphatic rings. The fourth-order valence-electron chi connectivity index (χ4n) is 3.60. The van der Waals surface area contributed by atoms with Crippen molar-refractivity contribution in [1.29, 1.82) is 0 Å². The Morgan fingerprint density at radius 1 is 1.15 bits per heavy atom. The summed E-state index contributed by atoms with van der Waals surface area (Å²) < 4.78 is 71.8. The number of hydrogen-bond acceptors (Lipinski definition) is 5. The van der Waals surface area contributed by atoms with Gasteiger partial charge in [-0.25, -0.2) is 8.42 Å². The highest BCUT2D eigenvalue weighted by molar-refractivity contribution is 7.89. The molecule has 2 aromatic carbocycles. The molecule has 0 aliphatic carbocycles. The van der Waals surface area contributed by atoms with Crippen LogP contribution in [0.3, 0.4) is 0 Å². The lowest BCUT2D eigenvalue weighted by Crippen LogP contribution is -2.46. The number of amides is 1. The van der Waals surface area contributed by atoms with Crippen LogP contribution in [0.25, 0.3) is 0 Å². The topological polar surface area (TPSA) is 92.8 Å². The Kier molecular flexibility index (Phi) is 7.67. The number of nitrogens with one attached hydrogen (secondary N) is 1. The zero-order valence-electron chi connectivity index (χ0n) is 18.6. The smallest absolute Gasteiger partial charge is 0.416 e. The highest BCUT2D eigenvalue weighted by Crippen LogP contribution is 2.31. The van der Waals surface area contributed by atoms with Crippen molar-refractivity contribution in [3.05, 3.63) is 59.7 Å². The van der Waals surface area contributed by atoms with Crippen LogP contribution in [0.15, 0.2) is 53.4 Å². The molecule has 0 radical (unpaired) electrons. The lowest BCUT2D eigenvalue weighted by molar-refractivity contribution is -0.150. The minimum atomic E-state index is -4.73. The minimum absolute atomic E-state index is 0.373. The average Bonchev–Trinajstić information content (AvgIpc) is 3.24. The third kappa shape index (κ3) is 5.76. The summed E-state index contributed by atoms with van der Waals surface area (Å²) in [7, 11) is -4.48. The van der Waals surface area contributed by atoms with Crippen LogP contribution in [0.4, 0.5) is 18.9 Å². The number of fused-ring (bicyclic) bond motifs is 1. The number of anilines is 1. The van der Waals surface area contributed by atoms with Gasteiger partial charge < -0.3 is 9.64 Å². The van der Waals surface area contributed by atoms with Crippen molar-refractivity contribution in [1.82, 2.24) is 4.72 Å². The largest absolute Gasteiger partial charge is 0.454 e. The van der Waals surface area contributed by atoms with Gasteiger partial charge in [0.15, 0.2) is 6.61 Å². The van der Waals surface area contributed by atoms with Gasteiger partial charge in [-0.2, -0.15) is 17.9 Å². The number of alkyl halides is 3. The molecule has 7 nitrogen and oxygen atoms in total. The first-order chi connectivity index (χ1) is 15.9. The van der Waals surface area contributed by atoms with Gasteiger partial charge in [0.2, 0.25) is 10.0 Å². The number of esters is 1. The summed E-state index contributed by atoms with van der Waals surface area (Å²) in [6, 6.07) is 9.17. The standard InChI is InChI=1S/C23H25F3N2O5S/c1-3-15(2)21(27-34(31,32)18-9-6-8-17(13-18)23(24,25)26)22(30)33-14-20(29)28-12-11-16-7-4-5-10-19(16)28/h4-10,13,15,21,27H,3,11-12,14H2,1-2H3/t15-,21-/m1/s1. The maximum absolute atomic E-state index is 13.0. The number of halogens is 3. The van der Waals surface area contributed by atoms with Gasteiger partial charge in [-0.05, 0) is 42.2 Å². The summed E-state index contributed by atoms with van der Waals surface area (Å²) in [6.07, 6.45) is -3.68. The van der Waals surface area contributed by atoms with Crippen LogP contribution in [-0.4, -0.2) is 39.5 Å². The first-order valence-corrected chi connectivity index (χ1v) is 12.2. The number of benzene rings is 2. The molecule has 34 heavy (non-hydrogen) atoms. The van der Waals surface area contributed by atoms with Gasteiger partial charge in [0.1, 0.15) is 6.04 Å². The van der Waals surface area contributed by atoms with Gasteiger partial charge in [-0.15, -0.1) is 0 Å². The number of carbonyl (C=O) groups excluding carboxylic acids is 2. The van der Waals surface area contributed by atoms with Crippen molar-refractivity contribution >= 4 is 27.6 Å². The Bertz CT molecular complexity index is 1170. The maximum Gasteiger partial charge on any atom is 0.416 e. The van der Waals surface area contributed by atoms with E-state index in [2.05, 4.69) is 4.72 Å². The van der Waals surface area contributed by atoms with Crippen molar-refractivity contribution in [2.45, 2.75) is 43.8 Å². The zero-order chi connectivity index (χ0) is 25.1. The quantitative estimate of drug-likeness (QED) is 0.562. The highest BCUT2D eigenvalue weighted by Gasteiger charge is 2.35. The number of sulfonamides is 1. The summed E-state index contributed by atoms with van der Waals surface area (Å²) >= 11 is 0. The Morgan fingerprint density at radius 2 is 1.85 bits per heavy atom. The predicted octanol–water partition coefficient (Wildman–Crippen LogP) is 3.53. The number of hydrogen-bond donors (Lipinski definition) is 1. The molecule has 3 rings (SSSR count). The first-order valence-electron chi connectivity index (χ1n) is 10.7. The third-order valence-corrected chi connectivity index (χ3v) is 7.19. The molecule has 11 heteroatoms. The van der Waals surface area contributed by atoms with E-state index in [9.17, 15) is 31.2 Å². The van der Waals surface area contributed by atoms with Crippen LogP contribution < -0.4 is 9.62 Å². The molecule has 0 saturated heterocycles. The molecule has 0 bridgehead atoms. The maximum atomic E-state index is 13.0. The van der Waals surface area contributed by atoms with Gasteiger partial charge in [0.05, 0.1) is 10.5 Å². The van der Waals surface area contributed by atoms with Crippen LogP contribution >= 0.6 is 0 Å². The van der Waals surface area contributed by atoms with Gasteiger partial charge in [-0.1, -0.05) is 44.5 Å². The second kappa shape index (κ2) is 10.1. The Labute approximate surface area is 196 Å². The minimum Gasteiger partial charge on any atom is -0.454 e. The molecule has 184 valence electrons. The van der Waals surface area contributed by atoms with Crippen molar-refractivity contribution in [3.8, 4) is 0 Å². The fourth-order valence-corrected chi connectivity index (χ4v) is 4.94. The van der Waals surface area contributed by atoms with Gasteiger partial charge in [0.25, 0.3) is 5.91 Å². The number of rotatable bonds is 8. The van der Waals surface area contributed by atoms with E-state index in [1.165, 1.54) is 4.90 Å². The number of carbonyl (C=O) groups is 2. The second-order valence-corrected chi connectivity index (χ2v) is 9.76. The lowest BCUT2D eigenvalue weighted by Gasteiger charge is -2.23. The van der Waals surface area contributed by atoms with E-state index in [4.69, 9.17) is 4.74 Å². The Hall–Kier alpha value is -2.92. The van der Waals surface area contributed by atoms with Crippen molar-refractivity contribution in [2.75, 3.05) is 18.1 Å². The normalized spacial score (nSPS) is 15.5. The predicted molar refractivity (Wildman–Crippen MR) is 118 cm³/mol. The fraction of sp³-hybridized carbons (Fsp3) is 0.391. The second-order valence-electron chi connectivity index (χ2n) is 8.04. The Balaban J connectivity index is 1.72. The Morgan fingerprint density at radius 3 is 2.53 bits per heavy atom. The summed E-state index contributed by atoms with van der Waals surface area (Å²) in [5.74, 6) is -1.98. The molecule has 1 N–H and O–H groups in total. The van der Waals surface area contributed by atoms with E-state index in [1.807, 2.05) is 12.1 Å². The molecular formula is C23H25F3N2O5S. The average molecular weight is 499 g/mol. The van der Waals surface area contributed by atoms with E-state index >= 15 is 0 Å². The summed E-state index contributed by atoms with van der Waals surface area (Å²) in [5, 5.41) is 0. The molecule has 1 heterocycles. The summed E-state index contributed by atoms with van der Waals surface area (Å²) in [6.45, 7) is 3.16. The number of para-hydroxylation sites is 1. The lowest BCUT2D eigenvalue weighted by atomic mass is 10.0. The zero-order valence-corrected chi connectivity index (χ0v) is 19.4. The van der Waals surface area contributed by atoms with Crippen LogP contribution in [-0.2, 0) is 36.9 Å². The molecule has 0 unspecified atom stereocenters. The molecule has 1 aliphatic heterocycles. The molecule has 1 amide bonds. The van der Waals surface area contributed by atoms with Crippen molar-refractivity contribution < 1.29 is 35.9 Å². The van der Waals surface area contributed by atoms with Crippen LogP contribution in [0.5, 0.6) is 0 Å². The van der Waals surface area contributed by atoms with Crippen LogP contribution in [0.2, 0.25) is 0 Å². The van der Waals surface area contributed by atoms with E-state index in [-0.39, 0.29) is 0 Å². The molecule has 2 aromatic rings. The van der Waals surface area contributed by atoms with Crippen molar-refractivity contribution in [2.24, 2.45) is 5.92 Å². The van der Waals surface area contributed by atoms with Crippen LogP contribution in [0.1, 0.15) is 31.4 Å². The molecular weight excluding hydrogens is 473 g/mol. The molecule has 2 atom stereocenters. The summed E-state index contributed by atoms with van der Waals surface area (Å²) in [5.41, 5.74) is 0.593. The number of nitrogens with zero attached hydrogens (tertiary/aromatic N) is 1. The van der Waals surface area contributed by atoms with Gasteiger partial charge >= 0.3 is 12.1 Å². The highest BCUT2D eigenvalue weighted by atomic mass is 32.2. The SMILES string of the molecule is CC[C@@H](C)[C@@H](NS(=O)(=O)c1cccc(C(F)(F)F)c1)C(=O)OCC(=O)N1CCc2ccccc21. The van der Waals surface area contributed by atoms with E-state index < -0.39 is 57.1 Å². The molecule has 0 fully saturated rings. The third-order valence-electron chi connectivity index (χ3n) is 5.75. The van der Waals surface area contributed by atoms with E-state index in [1.54, 1.807) is 26.0 Å². The molecule has 0 saturated carbocycles. The summed E-state index contributed by atoms with van der Waals surface area (Å²) in [4.78, 5) is 26.2. The molecule has 0 spiro atoms. The van der Waals surface area contributed by atoms with Gasteiger partial charge in [0, 0.05) is 12.2 Å². The monoisotopic (exact) mass is 498 g/mol. The first kappa shape index (κ1) is 25.7. The number of ether oxygens (including phenoxy) is 1.